The van der Waals surface area contributed by atoms with E-state index in [-0.39, 0.29) is 18.4 Å². The molecule has 6 heteroatoms. The van der Waals surface area contributed by atoms with Crippen LogP contribution < -0.4 is 0 Å². The summed E-state index contributed by atoms with van der Waals surface area (Å²) < 4.78 is 1.93. The largest absolute Gasteiger partial charge is 0.481 e. The number of carbonyl (C=O) groups excluding carboxylic acids is 1. The summed E-state index contributed by atoms with van der Waals surface area (Å²) in [7, 11) is 0. The van der Waals surface area contributed by atoms with Crippen molar-refractivity contribution in [3.8, 4) is 0 Å². The van der Waals surface area contributed by atoms with E-state index in [0.717, 1.165) is 18.5 Å². The molecular weight excluding hydrogens is 294 g/mol. The second-order valence-electron chi connectivity index (χ2n) is 6.67. The van der Waals surface area contributed by atoms with Gasteiger partial charge in [0.2, 0.25) is 0 Å². The molecule has 2 heterocycles. The van der Waals surface area contributed by atoms with Crippen LogP contribution in [0.2, 0.25) is 0 Å². The molecule has 1 aliphatic rings. The first-order valence-corrected chi connectivity index (χ1v) is 8.45. The number of carbonyl (C=O) groups is 2. The Labute approximate surface area is 137 Å². The number of aryl methyl sites for hydroxylation is 1. The highest BCUT2D eigenvalue weighted by Crippen LogP contribution is 2.24. The van der Waals surface area contributed by atoms with Crippen LogP contribution in [-0.4, -0.2) is 44.8 Å². The van der Waals surface area contributed by atoms with Crippen molar-refractivity contribution in [3.05, 3.63) is 17.5 Å². The van der Waals surface area contributed by atoms with Crippen LogP contribution in [0.3, 0.4) is 0 Å². The lowest BCUT2D eigenvalue weighted by Gasteiger charge is -2.34. The van der Waals surface area contributed by atoms with Gasteiger partial charge in [-0.3, -0.25) is 14.3 Å². The predicted molar refractivity (Wildman–Crippen MR) is 87.4 cm³/mol. The maximum Gasteiger partial charge on any atom is 0.308 e. The Kier molecular flexibility index (Phi) is 5.44. The first-order chi connectivity index (χ1) is 10.9. The van der Waals surface area contributed by atoms with Gasteiger partial charge in [0.1, 0.15) is 0 Å². The highest BCUT2D eigenvalue weighted by atomic mass is 16.4. The van der Waals surface area contributed by atoms with Crippen LogP contribution in [0.5, 0.6) is 0 Å². The summed E-state index contributed by atoms with van der Waals surface area (Å²) in [5, 5.41) is 13.8. The summed E-state index contributed by atoms with van der Waals surface area (Å²) in [5.74, 6) is -1.27. The lowest BCUT2D eigenvalue weighted by atomic mass is 9.90. The Hall–Kier alpha value is -1.85. The molecule has 1 aliphatic heterocycles. The van der Waals surface area contributed by atoms with Crippen LogP contribution in [0.25, 0.3) is 0 Å². The SMILES string of the molecule is CCC(CC)n1nc(C(=O)N2CC(C)CC(C(=O)O)C2)cc1C. The molecule has 1 amide bonds. The standard InChI is InChI=1S/C17H27N3O3/c1-5-14(6-2)20-12(4)8-15(18-20)16(21)19-9-11(3)7-13(10-19)17(22)23/h8,11,13-14H,5-7,9-10H2,1-4H3,(H,22,23). The third-order valence-electron chi connectivity index (χ3n) is 4.73. The zero-order valence-electron chi connectivity index (χ0n) is 14.5. The van der Waals surface area contributed by atoms with Gasteiger partial charge in [0.25, 0.3) is 5.91 Å². The molecule has 128 valence electrons. The predicted octanol–water partition coefficient (Wildman–Crippen LogP) is 2.74. The Morgan fingerprint density at radius 1 is 1.35 bits per heavy atom. The van der Waals surface area contributed by atoms with Gasteiger partial charge in [-0.15, -0.1) is 0 Å². The highest BCUT2D eigenvalue weighted by molar-refractivity contribution is 5.92. The summed E-state index contributed by atoms with van der Waals surface area (Å²) in [6, 6.07) is 2.11. The second kappa shape index (κ2) is 7.15. The minimum Gasteiger partial charge on any atom is -0.481 e. The van der Waals surface area contributed by atoms with Crippen molar-refractivity contribution in [2.45, 2.75) is 53.0 Å². The number of carboxylic acid groups (broad SMARTS) is 1. The van der Waals surface area contributed by atoms with Crippen LogP contribution in [0, 0.1) is 18.8 Å². The van der Waals surface area contributed by atoms with Crippen LogP contribution >= 0.6 is 0 Å². The van der Waals surface area contributed by atoms with Crippen LogP contribution in [0.15, 0.2) is 6.07 Å². The average molecular weight is 321 g/mol. The van der Waals surface area contributed by atoms with Gasteiger partial charge in [-0.25, -0.2) is 0 Å². The van der Waals surface area contributed by atoms with Crippen LogP contribution in [0.1, 0.15) is 62.3 Å². The zero-order chi connectivity index (χ0) is 17.1. The number of aromatic nitrogens is 2. The third-order valence-corrected chi connectivity index (χ3v) is 4.73. The lowest BCUT2D eigenvalue weighted by molar-refractivity contribution is -0.143. The monoisotopic (exact) mass is 321 g/mol. The van der Waals surface area contributed by atoms with Crippen molar-refractivity contribution < 1.29 is 14.7 Å². The fraction of sp³-hybridized carbons (Fsp3) is 0.706. The number of nitrogens with zero attached hydrogens (tertiary/aromatic N) is 3. The summed E-state index contributed by atoms with van der Waals surface area (Å²) in [6.07, 6.45) is 2.56. The van der Waals surface area contributed by atoms with Gasteiger partial charge >= 0.3 is 5.97 Å². The number of likely N-dealkylation sites (tertiary alicyclic amines) is 1. The van der Waals surface area contributed by atoms with Crippen molar-refractivity contribution in [1.29, 1.82) is 0 Å². The molecule has 0 radical (unpaired) electrons. The topological polar surface area (TPSA) is 75.4 Å². The van der Waals surface area contributed by atoms with Gasteiger partial charge in [0.05, 0.1) is 12.0 Å². The van der Waals surface area contributed by atoms with E-state index < -0.39 is 11.9 Å². The smallest absolute Gasteiger partial charge is 0.308 e. The molecule has 0 aliphatic carbocycles. The molecule has 0 spiro atoms. The molecule has 2 rings (SSSR count). The molecule has 6 nitrogen and oxygen atoms in total. The summed E-state index contributed by atoms with van der Waals surface area (Å²) in [4.78, 5) is 25.7. The molecule has 2 unspecified atom stereocenters. The minimum atomic E-state index is -0.826. The number of rotatable bonds is 5. The number of carboxylic acids is 1. The Balaban J connectivity index is 2.20. The maximum absolute atomic E-state index is 12.7. The molecule has 0 saturated carbocycles. The lowest BCUT2D eigenvalue weighted by Crippen LogP contribution is -2.45. The van der Waals surface area contributed by atoms with E-state index >= 15 is 0 Å². The van der Waals surface area contributed by atoms with E-state index in [9.17, 15) is 14.7 Å². The molecule has 1 saturated heterocycles. The van der Waals surface area contributed by atoms with E-state index in [1.165, 1.54) is 0 Å². The maximum atomic E-state index is 12.7. The van der Waals surface area contributed by atoms with Crippen molar-refractivity contribution in [1.82, 2.24) is 14.7 Å². The minimum absolute atomic E-state index is 0.157. The van der Waals surface area contributed by atoms with E-state index in [2.05, 4.69) is 18.9 Å². The molecular formula is C17H27N3O3. The molecule has 0 aromatic carbocycles. The van der Waals surface area contributed by atoms with Crippen molar-refractivity contribution >= 4 is 11.9 Å². The first kappa shape index (κ1) is 17.5. The van der Waals surface area contributed by atoms with Gasteiger partial charge in [0, 0.05) is 18.8 Å². The fourth-order valence-corrected chi connectivity index (χ4v) is 3.45. The molecule has 1 N–H and O–H groups in total. The van der Waals surface area contributed by atoms with Crippen LogP contribution in [-0.2, 0) is 4.79 Å². The Morgan fingerprint density at radius 3 is 2.57 bits per heavy atom. The molecule has 1 aromatic rings. The molecule has 1 aromatic heterocycles. The molecule has 1 fully saturated rings. The van der Waals surface area contributed by atoms with Crippen molar-refractivity contribution in [2.75, 3.05) is 13.1 Å². The van der Waals surface area contributed by atoms with E-state index in [0.29, 0.717) is 24.7 Å². The van der Waals surface area contributed by atoms with Crippen molar-refractivity contribution in [2.24, 2.45) is 11.8 Å². The number of hydrogen-bond acceptors (Lipinski definition) is 3. The van der Waals surface area contributed by atoms with E-state index in [1.807, 2.05) is 24.6 Å². The number of hydrogen-bond donors (Lipinski definition) is 1. The Bertz CT molecular complexity index is 578. The first-order valence-electron chi connectivity index (χ1n) is 8.45. The quantitative estimate of drug-likeness (QED) is 0.905. The number of piperidine rings is 1. The van der Waals surface area contributed by atoms with Gasteiger partial charge in [-0.05, 0) is 38.2 Å². The summed E-state index contributed by atoms with van der Waals surface area (Å²) in [5.41, 5.74) is 1.40. The zero-order valence-corrected chi connectivity index (χ0v) is 14.5. The third kappa shape index (κ3) is 3.74. The van der Waals surface area contributed by atoms with Gasteiger partial charge in [0.15, 0.2) is 5.69 Å². The van der Waals surface area contributed by atoms with E-state index in [4.69, 9.17) is 0 Å². The summed E-state index contributed by atoms with van der Waals surface area (Å²) in [6.45, 7) is 9.04. The number of aliphatic carboxylic acids is 1. The Morgan fingerprint density at radius 2 is 2.00 bits per heavy atom. The summed E-state index contributed by atoms with van der Waals surface area (Å²) >= 11 is 0. The molecule has 2 atom stereocenters. The van der Waals surface area contributed by atoms with Gasteiger partial charge in [-0.2, -0.15) is 5.10 Å². The number of amides is 1. The normalized spacial score (nSPS) is 21.7. The fourth-order valence-electron chi connectivity index (χ4n) is 3.45. The second-order valence-corrected chi connectivity index (χ2v) is 6.67. The van der Waals surface area contributed by atoms with Gasteiger partial charge in [-0.1, -0.05) is 20.8 Å². The average Bonchev–Trinajstić information content (AvgIpc) is 2.89. The van der Waals surface area contributed by atoms with Crippen LogP contribution in [0.4, 0.5) is 0 Å². The van der Waals surface area contributed by atoms with Crippen molar-refractivity contribution in [3.63, 3.8) is 0 Å². The molecule has 0 bridgehead atoms. The molecule has 23 heavy (non-hydrogen) atoms. The highest BCUT2D eigenvalue weighted by Gasteiger charge is 2.33. The van der Waals surface area contributed by atoms with Gasteiger partial charge < -0.3 is 10.0 Å². The van der Waals surface area contributed by atoms with E-state index in [1.54, 1.807) is 4.90 Å².